The normalized spacial score (nSPS) is 10.2. The van der Waals surface area contributed by atoms with Gasteiger partial charge < -0.3 is 4.57 Å². The largest absolute Gasteiger partial charge is 0.311 e. The van der Waals surface area contributed by atoms with Crippen LogP contribution in [-0.2, 0) is 13.5 Å². The summed E-state index contributed by atoms with van der Waals surface area (Å²) in [7, 11) is 1.66. The zero-order valence-electron chi connectivity index (χ0n) is 10.2. The smallest absolute Gasteiger partial charge is 0.255 e. The lowest BCUT2D eigenvalue weighted by Crippen LogP contribution is -2.22. The van der Waals surface area contributed by atoms with Crippen LogP contribution in [-0.4, -0.2) is 4.57 Å². The molecule has 0 aliphatic heterocycles. The van der Waals surface area contributed by atoms with Crippen molar-refractivity contribution in [1.82, 2.24) is 4.57 Å². The third-order valence-corrected chi connectivity index (χ3v) is 3.41. The molecule has 0 aliphatic carbocycles. The number of hydrogen-bond acceptors (Lipinski definition) is 2. The molecule has 0 saturated carbocycles. The fourth-order valence-electron chi connectivity index (χ4n) is 1.87. The van der Waals surface area contributed by atoms with Gasteiger partial charge in [0, 0.05) is 23.2 Å². The van der Waals surface area contributed by atoms with Gasteiger partial charge >= 0.3 is 0 Å². The Morgan fingerprint density at radius 1 is 1.26 bits per heavy atom. The molecular formula is C14H10Cl2N2O. The Morgan fingerprint density at radius 3 is 2.63 bits per heavy atom. The second-order valence-corrected chi connectivity index (χ2v) is 4.91. The summed E-state index contributed by atoms with van der Waals surface area (Å²) >= 11 is 12.0. The van der Waals surface area contributed by atoms with Crippen LogP contribution in [0.25, 0.3) is 11.3 Å². The fourth-order valence-corrected chi connectivity index (χ4v) is 2.38. The molecule has 2 rings (SSSR count). The predicted molar refractivity (Wildman–Crippen MR) is 76.5 cm³/mol. The molecule has 0 amide bonds. The monoisotopic (exact) mass is 292 g/mol. The second kappa shape index (κ2) is 5.48. The van der Waals surface area contributed by atoms with E-state index in [9.17, 15) is 4.79 Å². The van der Waals surface area contributed by atoms with E-state index in [2.05, 4.69) is 0 Å². The lowest BCUT2D eigenvalue weighted by atomic mass is 10.1. The first-order valence-electron chi connectivity index (χ1n) is 5.56. The molecule has 2 aromatic rings. The minimum atomic E-state index is -0.190. The molecule has 1 heterocycles. The molecule has 0 saturated heterocycles. The average Bonchev–Trinajstić information content (AvgIpc) is 2.37. The van der Waals surface area contributed by atoms with Crippen LogP contribution in [0.1, 0.15) is 5.56 Å². The van der Waals surface area contributed by atoms with Crippen LogP contribution in [0.3, 0.4) is 0 Å². The Kier molecular flexibility index (Phi) is 3.94. The number of rotatable bonds is 2. The molecule has 1 aromatic carbocycles. The third kappa shape index (κ3) is 2.65. The highest BCUT2D eigenvalue weighted by atomic mass is 35.5. The van der Waals surface area contributed by atoms with Crippen molar-refractivity contribution in [2.75, 3.05) is 0 Å². The lowest BCUT2D eigenvalue weighted by molar-refractivity contribution is 0.852. The van der Waals surface area contributed by atoms with Crippen molar-refractivity contribution in [3.05, 3.63) is 56.3 Å². The van der Waals surface area contributed by atoms with Crippen LogP contribution in [0.2, 0.25) is 10.0 Å². The molecule has 0 aliphatic rings. The summed E-state index contributed by atoms with van der Waals surface area (Å²) in [6.45, 7) is 0. The van der Waals surface area contributed by atoms with Crippen molar-refractivity contribution in [1.29, 1.82) is 5.26 Å². The number of halogens is 2. The van der Waals surface area contributed by atoms with Gasteiger partial charge in [0.1, 0.15) is 0 Å². The summed E-state index contributed by atoms with van der Waals surface area (Å²) < 4.78 is 1.49. The van der Waals surface area contributed by atoms with Crippen LogP contribution in [0.4, 0.5) is 0 Å². The summed E-state index contributed by atoms with van der Waals surface area (Å²) in [6.07, 6.45) is 0.0985. The number of nitriles is 1. The summed E-state index contributed by atoms with van der Waals surface area (Å²) in [5, 5.41) is 9.69. The first kappa shape index (κ1) is 13.7. The van der Waals surface area contributed by atoms with Crippen LogP contribution >= 0.6 is 23.2 Å². The van der Waals surface area contributed by atoms with Gasteiger partial charge in [-0.15, -0.1) is 0 Å². The minimum Gasteiger partial charge on any atom is -0.311 e. The zero-order valence-corrected chi connectivity index (χ0v) is 11.7. The first-order chi connectivity index (χ1) is 9.04. The molecular weight excluding hydrogens is 283 g/mol. The molecule has 0 radical (unpaired) electrons. The van der Waals surface area contributed by atoms with E-state index < -0.39 is 0 Å². The Balaban J connectivity index is 2.62. The highest BCUT2D eigenvalue weighted by molar-refractivity contribution is 6.36. The van der Waals surface area contributed by atoms with E-state index in [0.717, 1.165) is 5.56 Å². The predicted octanol–water partition coefficient (Wildman–Crippen LogP) is 3.43. The van der Waals surface area contributed by atoms with E-state index in [4.69, 9.17) is 28.5 Å². The fraction of sp³-hybridized carbons (Fsp3) is 0.143. The van der Waals surface area contributed by atoms with Crippen LogP contribution in [0.15, 0.2) is 35.1 Å². The van der Waals surface area contributed by atoms with Gasteiger partial charge in [0.25, 0.3) is 5.56 Å². The van der Waals surface area contributed by atoms with Crippen LogP contribution < -0.4 is 5.56 Å². The molecule has 96 valence electrons. The first-order valence-corrected chi connectivity index (χ1v) is 6.31. The SMILES string of the molecule is Cn1c(-c2ccc(Cl)cc2Cl)ccc(CC#N)c1=O. The van der Waals surface area contributed by atoms with Crippen molar-refractivity contribution >= 4 is 23.2 Å². The molecule has 0 unspecified atom stereocenters. The van der Waals surface area contributed by atoms with Crippen molar-refractivity contribution < 1.29 is 0 Å². The van der Waals surface area contributed by atoms with E-state index in [-0.39, 0.29) is 12.0 Å². The number of hydrogen-bond donors (Lipinski definition) is 0. The van der Waals surface area contributed by atoms with Gasteiger partial charge in [-0.25, -0.2) is 0 Å². The van der Waals surface area contributed by atoms with E-state index in [1.54, 1.807) is 37.4 Å². The van der Waals surface area contributed by atoms with Crippen molar-refractivity contribution in [2.45, 2.75) is 6.42 Å². The maximum atomic E-state index is 12.1. The Bertz CT molecular complexity index is 729. The maximum absolute atomic E-state index is 12.1. The van der Waals surface area contributed by atoms with E-state index >= 15 is 0 Å². The lowest BCUT2D eigenvalue weighted by Gasteiger charge is -2.11. The highest BCUT2D eigenvalue weighted by Gasteiger charge is 2.10. The number of pyridine rings is 1. The Labute approximate surface area is 120 Å². The van der Waals surface area contributed by atoms with E-state index in [0.29, 0.717) is 21.3 Å². The highest BCUT2D eigenvalue weighted by Crippen LogP contribution is 2.29. The summed E-state index contributed by atoms with van der Waals surface area (Å²) in [5.41, 5.74) is 1.70. The topological polar surface area (TPSA) is 45.8 Å². The second-order valence-electron chi connectivity index (χ2n) is 4.07. The van der Waals surface area contributed by atoms with Crippen LogP contribution in [0, 0.1) is 11.3 Å². The van der Waals surface area contributed by atoms with Crippen LogP contribution in [0.5, 0.6) is 0 Å². The van der Waals surface area contributed by atoms with Gasteiger partial charge in [0.2, 0.25) is 0 Å². The van der Waals surface area contributed by atoms with Gasteiger partial charge in [-0.2, -0.15) is 5.26 Å². The zero-order chi connectivity index (χ0) is 14.0. The molecule has 19 heavy (non-hydrogen) atoms. The van der Waals surface area contributed by atoms with Gasteiger partial charge in [-0.1, -0.05) is 29.3 Å². The van der Waals surface area contributed by atoms with E-state index in [1.165, 1.54) is 4.57 Å². The van der Waals surface area contributed by atoms with E-state index in [1.807, 2.05) is 6.07 Å². The van der Waals surface area contributed by atoms with Gasteiger partial charge in [-0.05, 0) is 24.3 Å². The molecule has 0 spiro atoms. The van der Waals surface area contributed by atoms with Crippen molar-refractivity contribution in [3.8, 4) is 17.3 Å². The molecule has 0 atom stereocenters. The number of nitrogens with zero attached hydrogens (tertiary/aromatic N) is 2. The molecule has 1 aromatic heterocycles. The molecule has 0 N–H and O–H groups in total. The molecule has 3 nitrogen and oxygen atoms in total. The molecule has 0 bridgehead atoms. The summed E-state index contributed by atoms with van der Waals surface area (Å²) in [4.78, 5) is 12.1. The maximum Gasteiger partial charge on any atom is 0.255 e. The summed E-state index contributed by atoms with van der Waals surface area (Å²) in [5.74, 6) is 0. The van der Waals surface area contributed by atoms with Gasteiger partial charge in [0.15, 0.2) is 0 Å². The Morgan fingerprint density at radius 2 is 2.00 bits per heavy atom. The van der Waals surface area contributed by atoms with Crippen molar-refractivity contribution in [2.24, 2.45) is 7.05 Å². The standard InChI is InChI=1S/C14H10Cl2N2O/c1-18-13(5-2-9(6-7-17)14(18)19)11-4-3-10(15)8-12(11)16/h2-5,8H,6H2,1H3. The molecule has 5 heteroatoms. The third-order valence-electron chi connectivity index (χ3n) is 2.86. The van der Waals surface area contributed by atoms with Gasteiger partial charge in [-0.3, -0.25) is 4.79 Å². The minimum absolute atomic E-state index is 0.0985. The molecule has 0 fully saturated rings. The Hall–Kier alpha value is -1.76. The summed E-state index contributed by atoms with van der Waals surface area (Å²) in [6, 6.07) is 10.5. The quantitative estimate of drug-likeness (QED) is 0.851. The van der Waals surface area contributed by atoms with Crippen molar-refractivity contribution in [3.63, 3.8) is 0 Å². The number of benzene rings is 1. The number of aromatic nitrogens is 1. The average molecular weight is 293 g/mol. The van der Waals surface area contributed by atoms with Gasteiger partial charge in [0.05, 0.1) is 23.2 Å².